The smallest absolute Gasteiger partial charge is 0.333 e. The molecule has 1 aliphatic heterocycles. The number of nitrogens with one attached hydrogen (secondary N) is 1. The fourth-order valence-electron chi connectivity index (χ4n) is 4.89. The van der Waals surface area contributed by atoms with Crippen LogP contribution in [-0.2, 0) is 26.7 Å². The lowest BCUT2D eigenvalue weighted by atomic mass is 10.1. The molecule has 2 amide bonds. The third kappa shape index (κ3) is 5.93. The first-order valence-electron chi connectivity index (χ1n) is 13.3. The predicted molar refractivity (Wildman–Crippen MR) is 163 cm³/mol. The second-order valence-electron chi connectivity index (χ2n) is 10.3. The number of aromatic nitrogens is 3. The van der Waals surface area contributed by atoms with Crippen LogP contribution in [0.2, 0.25) is 5.02 Å². The minimum Gasteiger partial charge on any atom is -0.491 e. The molecule has 0 unspecified atom stereocenters. The van der Waals surface area contributed by atoms with E-state index in [4.69, 9.17) is 16.3 Å². The highest BCUT2D eigenvalue weighted by atomic mass is 79.9. The van der Waals surface area contributed by atoms with Crippen molar-refractivity contribution >= 4 is 39.3 Å². The van der Waals surface area contributed by atoms with Crippen molar-refractivity contribution in [2.24, 2.45) is 7.05 Å². The Kier molecular flexibility index (Phi) is 8.42. The number of aryl methyl sites for hydroxylation is 1. The van der Waals surface area contributed by atoms with E-state index in [9.17, 15) is 19.2 Å². The molecule has 0 spiro atoms. The molecule has 0 bridgehead atoms. The Morgan fingerprint density at radius 3 is 2.45 bits per heavy atom. The van der Waals surface area contributed by atoms with Gasteiger partial charge in [-0.25, -0.2) is 4.79 Å². The molecule has 1 aliphatic rings. The Morgan fingerprint density at radius 2 is 1.79 bits per heavy atom. The molecule has 0 saturated heterocycles. The zero-order chi connectivity index (χ0) is 30.1. The molecule has 2 aromatic heterocycles. The van der Waals surface area contributed by atoms with Gasteiger partial charge in [-0.15, -0.1) is 0 Å². The topological polar surface area (TPSA) is 108 Å². The highest BCUT2D eigenvalue weighted by Gasteiger charge is 2.32. The van der Waals surface area contributed by atoms with Gasteiger partial charge in [-0.1, -0.05) is 17.7 Å². The first-order valence-corrected chi connectivity index (χ1v) is 14.5. The average molecular weight is 655 g/mol. The number of ether oxygens (including phenoxy) is 1. The number of pyridine rings is 1. The van der Waals surface area contributed by atoms with Gasteiger partial charge >= 0.3 is 5.69 Å². The predicted octanol–water partition coefficient (Wildman–Crippen LogP) is 4.13. The van der Waals surface area contributed by atoms with Gasteiger partial charge in [-0.05, 0) is 77.8 Å². The van der Waals surface area contributed by atoms with E-state index in [0.29, 0.717) is 37.8 Å². The molecule has 0 fully saturated rings. The number of imidazole rings is 1. The summed E-state index contributed by atoms with van der Waals surface area (Å²) in [5.74, 6) is -0.114. The molecule has 42 heavy (non-hydrogen) atoms. The van der Waals surface area contributed by atoms with Crippen molar-refractivity contribution in [2.75, 3.05) is 6.54 Å². The Bertz CT molecular complexity index is 1790. The van der Waals surface area contributed by atoms with Crippen molar-refractivity contribution in [3.63, 3.8) is 0 Å². The molecule has 5 rings (SSSR count). The number of nitrogens with zero attached hydrogens (tertiary/aromatic N) is 4. The lowest BCUT2D eigenvalue weighted by Gasteiger charge is -2.28. The van der Waals surface area contributed by atoms with Gasteiger partial charge in [0.05, 0.1) is 29.1 Å². The minimum absolute atomic E-state index is 0.0247. The largest absolute Gasteiger partial charge is 0.491 e. The van der Waals surface area contributed by atoms with E-state index >= 15 is 0 Å². The summed E-state index contributed by atoms with van der Waals surface area (Å²) < 4.78 is 10.8. The monoisotopic (exact) mass is 653 g/mol. The maximum Gasteiger partial charge on any atom is 0.333 e. The summed E-state index contributed by atoms with van der Waals surface area (Å²) in [5, 5.41) is 3.29. The van der Waals surface area contributed by atoms with Crippen molar-refractivity contribution in [1.82, 2.24) is 23.9 Å². The van der Waals surface area contributed by atoms with Gasteiger partial charge in [0.25, 0.3) is 11.8 Å². The third-order valence-corrected chi connectivity index (χ3v) is 8.15. The summed E-state index contributed by atoms with van der Waals surface area (Å²) in [5.41, 5.74) is 1.61. The zero-order valence-corrected chi connectivity index (χ0v) is 25.6. The lowest BCUT2D eigenvalue weighted by Crippen LogP contribution is -2.41. The van der Waals surface area contributed by atoms with Crippen LogP contribution in [0, 0.1) is 0 Å². The number of hydrogen-bond donors (Lipinski definition) is 1. The van der Waals surface area contributed by atoms with Crippen LogP contribution in [0.1, 0.15) is 46.0 Å². The van der Waals surface area contributed by atoms with Crippen LogP contribution in [0.25, 0.3) is 5.69 Å². The number of halogens is 2. The van der Waals surface area contributed by atoms with E-state index in [0.717, 1.165) is 0 Å². The van der Waals surface area contributed by atoms with E-state index in [2.05, 4.69) is 21.2 Å². The molecule has 10 nitrogen and oxygen atoms in total. The van der Waals surface area contributed by atoms with Gasteiger partial charge in [0.1, 0.15) is 11.4 Å². The molecule has 4 aromatic rings. The van der Waals surface area contributed by atoms with Crippen LogP contribution in [0.15, 0.2) is 74.9 Å². The normalized spacial score (nSPS) is 12.8. The molecule has 0 radical (unpaired) electrons. The summed E-state index contributed by atoms with van der Waals surface area (Å²) in [6.45, 7) is 4.51. The number of carbonyl (C=O) groups excluding carboxylic acids is 2. The van der Waals surface area contributed by atoms with Gasteiger partial charge < -0.3 is 19.5 Å². The molecule has 0 saturated carbocycles. The fraction of sp³-hybridized carbons (Fsp3) is 0.267. The number of rotatable bonds is 7. The molecule has 1 N–H and O–H groups in total. The Balaban J connectivity index is 1.53. The van der Waals surface area contributed by atoms with Crippen LogP contribution in [-0.4, -0.2) is 43.1 Å². The highest BCUT2D eigenvalue weighted by Crippen LogP contribution is 2.26. The summed E-state index contributed by atoms with van der Waals surface area (Å²) in [6, 6.07) is 15.0. The average Bonchev–Trinajstić information content (AvgIpc) is 3.26. The quantitative estimate of drug-likeness (QED) is 0.323. The summed E-state index contributed by atoms with van der Waals surface area (Å²) in [4.78, 5) is 54.3. The van der Waals surface area contributed by atoms with Crippen LogP contribution in [0.3, 0.4) is 0 Å². The zero-order valence-electron chi connectivity index (χ0n) is 23.3. The first kappa shape index (κ1) is 29.4. The van der Waals surface area contributed by atoms with E-state index < -0.39 is 5.91 Å². The van der Waals surface area contributed by atoms with Crippen molar-refractivity contribution in [3.05, 3.63) is 114 Å². The molecule has 218 valence electrons. The van der Waals surface area contributed by atoms with Crippen LogP contribution in [0.5, 0.6) is 5.75 Å². The number of amides is 2. The summed E-state index contributed by atoms with van der Waals surface area (Å²) in [7, 11) is 1.63. The second kappa shape index (κ2) is 12.0. The minimum atomic E-state index is -0.488. The second-order valence-corrected chi connectivity index (χ2v) is 11.5. The maximum absolute atomic E-state index is 13.8. The Labute approximate surface area is 255 Å². The highest BCUT2D eigenvalue weighted by molar-refractivity contribution is 9.10. The first-order chi connectivity index (χ1) is 20.0. The number of fused-ring (bicyclic) bond motifs is 1. The van der Waals surface area contributed by atoms with Crippen LogP contribution >= 0.6 is 27.5 Å². The maximum atomic E-state index is 13.8. The van der Waals surface area contributed by atoms with E-state index in [1.54, 1.807) is 66.7 Å². The SMILES string of the molecule is CC(C)Oc1ccc(-n2c(C(=O)NCc3ccc(=O)n(C)c3)c3n(c2=O)CCN(C(=O)c2ccc(Br)c(Cl)c2)C3)cc1. The lowest BCUT2D eigenvalue weighted by molar-refractivity contribution is 0.0706. The van der Waals surface area contributed by atoms with E-state index in [-0.39, 0.29) is 55.1 Å². The molecular formula is C30H29BrClN5O5. The van der Waals surface area contributed by atoms with Crippen molar-refractivity contribution < 1.29 is 14.3 Å². The molecule has 2 aromatic carbocycles. The Hall–Kier alpha value is -4.09. The third-order valence-electron chi connectivity index (χ3n) is 6.91. The van der Waals surface area contributed by atoms with Crippen molar-refractivity contribution in [3.8, 4) is 11.4 Å². The Morgan fingerprint density at radius 1 is 1.05 bits per heavy atom. The van der Waals surface area contributed by atoms with Crippen LogP contribution < -0.4 is 21.3 Å². The van der Waals surface area contributed by atoms with Gasteiger partial charge in [0.2, 0.25) is 5.56 Å². The molecule has 3 heterocycles. The molecule has 12 heteroatoms. The van der Waals surface area contributed by atoms with E-state index in [1.807, 2.05) is 13.8 Å². The summed E-state index contributed by atoms with van der Waals surface area (Å²) in [6.07, 6.45) is 1.62. The molecule has 0 aliphatic carbocycles. The molecular weight excluding hydrogens is 626 g/mol. The standard InChI is InChI=1S/C30H29BrClN5O5/c1-18(2)42-22-8-6-21(7-9-22)37-27(28(39)33-15-19-4-11-26(38)34(3)16-19)25-17-35(12-13-36(25)30(37)41)29(40)20-5-10-23(31)24(32)14-20/h4-11,14,16,18H,12-13,15,17H2,1-3H3,(H,33,39). The number of hydrogen-bond acceptors (Lipinski definition) is 5. The number of benzene rings is 2. The van der Waals surface area contributed by atoms with Crippen molar-refractivity contribution in [1.29, 1.82) is 0 Å². The summed E-state index contributed by atoms with van der Waals surface area (Å²) >= 11 is 9.57. The van der Waals surface area contributed by atoms with E-state index in [1.165, 1.54) is 19.8 Å². The van der Waals surface area contributed by atoms with Crippen LogP contribution in [0.4, 0.5) is 0 Å². The van der Waals surface area contributed by atoms with Gasteiger partial charge in [-0.2, -0.15) is 0 Å². The molecule has 0 atom stereocenters. The van der Waals surface area contributed by atoms with Gasteiger partial charge in [0, 0.05) is 49.0 Å². The van der Waals surface area contributed by atoms with Gasteiger partial charge in [-0.3, -0.25) is 23.5 Å². The van der Waals surface area contributed by atoms with Gasteiger partial charge in [0.15, 0.2) is 0 Å². The van der Waals surface area contributed by atoms with Crippen molar-refractivity contribution in [2.45, 2.75) is 39.6 Å². The fourth-order valence-corrected chi connectivity index (χ4v) is 5.31. The number of carbonyl (C=O) groups is 2.